The summed E-state index contributed by atoms with van der Waals surface area (Å²) in [5.41, 5.74) is 6.45. The van der Waals surface area contributed by atoms with Crippen molar-refractivity contribution in [2.75, 3.05) is 31.2 Å². The van der Waals surface area contributed by atoms with Crippen molar-refractivity contribution in [3.05, 3.63) is 71.8 Å². The van der Waals surface area contributed by atoms with Gasteiger partial charge in [0.1, 0.15) is 5.82 Å². The molecule has 6 nitrogen and oxygen atoms in total. The van der Waals surface area contributed by atoms with E-state index in [1.807, 2.05) is 12.3 Å². The molecule has 2 aliphatic heterocycles. The summed E-state index contributed by atoms with van der Waals surface area (Å²) in [6, 6.07) is 10.6. The Bertz CT molecular complexity index is 996. The fourth-order valence-corrected chi connectivity index (χ4v) is 3.57. The molecule has 0 radical (unpaired) electrons. The third kappa shape index (κ3) is 3.08. The molecule has 3 aromatic rings. The average molecular weight is 357 g/mol. The van der Waals surface area contributed by atoms with Crippen molar-refractivity contribution in [1.82, 2.24) is 15.0 Å². The Morgan fingerprint density at radius 3 is 2.67 bits per heavy atom. The van der Waals surface area contributed by atoms with Gasteiger partial charge in [0.05, 0.1) is 37.4 Å². The van der Waals surface area contributed by atoms with Gasteiger partial charge in [0.2, 0.25) is 0 Å². The zero-order valence-corrected chi connectivity index (χ0v) is 14.9. The molecule has 1 fully saturated rings. The van der Waals surface area contributed by atoms with Crippen LogP contribution in [0.4, 0.5) is 5.82 Å². The van der Waals surface area contributed by atoms with Crippen LogP contribution >= 0.6 is 0 Å². The number of nitrogens with zero attached hydrogens (tertiary/aromatic N) is 5. The molecule has 134 valence electrons. The van der Waals surface area contributed by atoms with Gasteiger partial charge in [0, 0.05) is 48.4 Å². The largest absolute Gasteiger partial charge is 0.378 e. The molecule has 27 heavy (non-hydrogen) atoms. The summed E-state index contributed by atoms with van der Waals surface area (Å²) in [6.45, 7) is 3.95. The zero-order valence-electron chi connectivity index (χ0n) is 14.9. The molecule has 0 saturated carbocycles. The Balaban J connectivity index is 1.50. The van der Waals surface area contributed by atoms with Crippen LogP contribution in [-0.4, -0.2) is 47.0 Å². The smallest absolute Gasteiger partial charge is 0.129 e. The summed E-state index contributed by atoms with van der Waals surface area (Å²) in [5.74, 6) is 0.983. The number of rotatable bonds is 3. The zero-order chi connectivity index (χ0) is 18.1. The van der Waals surface area contributed by atoms with Crippen molar-refractivity contribution in [3.63, 3.8) is 0 Å². The summed E-state index contributed by atoms with van der Waals surface area (Å²) < 4.78 is 5.45. The molecule has 0 bridgehead atoms. The second-order valence-electron chi connectivity index (χ2n) is 6.63. The summed E-state index contributed by atoms with van der Waals surface area (Å²) in [6.07, 6.45) is 7.06. The van der Waals surface area contributed by atoms with Crippen LogP contribution in [-0.2, 0) is 11.3 Å². The first-order valence-electron chi connectivity index (χ1n) is 9.12. The van der Waals surface area contributed by atoms with Crippen molar-refractivity contribution in [2.45, 2.75) is 6.54 Å². The molecule has 2 aliphatic rings. The summed E-state index contributed by atoms with van der Waals surface area (Å²) in [5, 5.41) is 0. The second kappa shape index (κ2) is 6.89. The van der Waals surface area contributed by atoms with E-state index in [1.54, 1.807) is 18.6 Å². The third-order valence-electron chi connectivity index (χ3n) is 4.99. The van der Waals surface area contributed by atoms with Gasteiger partial charge in [-0.1, -0.05) is 12.1 Å². The molecule has 0 unspecified atom stereocenters. The standard InChI is InChI=1S/C21H19N5O/c1-2-17-13-25-21(18(17)11-15(1)19-14-22-5-6-23-19)16-3-4-24-20(12-16)26-7-9-27-10-8-26/h1-6,11-12,14H,7-10,13H2. The van der Waals surface area contributed by atoms with E-state index in [9.17, 15) is 0 Å². The number of pyridine rings is 1. The summed E-state index contributed by atoms with van der Waals surface area (Å²) in [7, 11) is 0. The van der Waals surface area contributed by atoms with Gasteiger partial charge in [-0.15, -0.1) is 0 Å². The van der Waals surface area contributed by atoms with Crippen LogP contribution in [0.1, 0.15) is 16.7 Å². The topological polar surface area (TPSA) is 63.5 Å². The van der Waals surface area contributed by atoms with Gasteiger partial charge < -0.3 is 9.64 Å². The number of aliphatic imine (C=N–C) groups is 1. The second-order valence-corrected chi connectivity index (χ2v) is 6.63. The van der Waals surface area contributed by atoms with Gasteiger partial charge in [-0.3, -0.25) is 15.0 Å². The maximum atomic E-state index is 5.45. The number of benzene rings is 1. The fraction of sp³-hybridized carbons (Fsp3) is 0.238. The Labute approximate surface area is 157 Å². The van der Waals surface area contributed by atoms with E-state index < -0.39 is 0 Å². The molecular weight excluding hydrogens is 338 g/mol. The van der Waals surface area contributed by atoms with Crippen LogP contribution in [0.3, 0.4) is 0 Å². The lowest BCUT2D eigenvalue weighted by Gasteiger charge is -2.28. The minimum Gasteiger partial charge on any atom is -0.378 e. The van der Waals surface area contributed by atoms with Gasteiger partial charge in [-0.25, -0.2) is 4.98 Å². The van der Waals surface area contributed by atoms with Crippen LogP contribution in [0.25, 0.3) is 11.3 Å². The maximum Gasteiger partial charge on any atom is 0.129 e. The van der Waals surface area contributed by atoms with E-state index in [1.165, 1.54) is 5.56 Å². The highest BCUT2D eigenvalue weighted by molar-refractivity contribution is 6.15. The van der Waals surface area contributed by atoms with Crippen molar-refractivity contribution in [2.24, 2.45) is 4.99 Å². The van der Waals surface area contributed by atoms with E-state index in [4.69, 9.17) is 9.73 Å². The van der Waals surface area contributed by atoms with Gasteiger partial charge in [-0.05, 0) is 23.8 Å². The lowest BCUT2D eigenvalue weighted by atomic mass is 9.97. The highest BCUT2D eigenvalue weighted by Crippen LogP contribution is 2.28. The van der Waals surface area contributed by atoms with Crippen molar-refractivity contribution in [3.8, 4) is 11.3 Å². The average Bonchev–Trinajstić information content (AvgIpc) is 3.18. The van der Waals surface area contributed by atoms with Gasteiger partial charge >= 0.3 is 0 Å². The normalized spacial score (nSPS) is 16.1. The Morgan fingerprint density at radius 1 is 0.889 bits per heavy atom. The van der Waals surface area contributed by atoms with Gasteiger partial charge in [-0.2, -0.15) is 0 Å². The van der Waals surface area contributed by atoms with Crippen molar-refractivity contribution in [1.29, 1.82) is 0 Å². The lowest BCUT2D eigenvalue weighted by Crippen LogP contribution is -2.36. The van der Waals surface area contributed by atoms with Crippen molar-refractivity contribution >= 4 is 11.5 Å². The van der Waals surface area contributed by atoms with E-state index in [0.717, 1.165) is 60.2 Å². The number of hydrogen-bond donors (Lipinski definition) is 0. The first kappa shape index (κ1) is 16.1. The van der Waals surface area contributed by atoms with E-state index in [2.05, 4.69) is 44.1 Å². The molecular formula is C21H19N5O. The minimum atomic E-state index is 0.709. The summed E-state index contributed by atoms with van der Waals surface area (Å²) in [4.78, 5) is 20.2. The Hall–Kier alpha value is -3.12. The fourth-order valence-electron chi connectivity index (χ4n) is 3.57. The van der Waals surface area contributed by atoms with Crippen molar-refractivity contribution < 1.29 is 4.74 Å². The Kier molecular flexibility index (Phi) is 4.10. The molecule has 6 heteroatoms. The predicted molar refractivity (Wildman–Crippen MR) is 104 cm³/mol. The van der Waals surface area contributed by atoms with Crippen LogP contribution < -0.4 is 4.90 Å². The number of aromatic nitrogens is 3. The quantitative estimate of drug-likeness (QED) is 0.721. The van der Waals surface area contributed by atoms with Crippen LogP contribution in [0.15, 0.2) is 60.1 Å². The monoisotopic (exact) mass is 357 g/mol. The molecule has 0 spiro atoms. The maximum absolute atomic E-state index is 5.45. The SMILES string of the molecule is c1cnc(-c2ccc3c(c2)C(c2ccnc(N4CCOCC4)c2)=NC3)cn1. The Morgan fingerprint density at radius 2 is 1.81 bits per heavy atom. The molecule has 4 heterocycles. The number of fused-ring (bicyclic) bond motifs is 1. The number of ether oxygens (including phenoxy) is 1. The highest BCUT2D eigenvalue weighted by Gasteiger charge is 2.20. The molecule has 2 aromatic heterocycles. The number of morpholine rings is 1. The predicted octanol–water partition coefficient (Wildman–Crippen LogP) is 2.73. The molecule has 5 rings (SSSR count). The number of hydrogen-bond acceptors (Lipinski definition) is 6. The summed E-state index contributed by atoms with van der Waals surface area (Å²) >= 11 is 0. The molecule has 1 saturated heterocycles. The molecule has 0 amide bonds. The highest BCUT2D eigenvalue weighted by atomic mass is 16.5. The molecule has 0 aliphatic carbocycles. The van der Waals surface area contributed by atoms with E-state index in [-0.39, 0.29) is 0 Å². The third-order valence-corrected chi connectivity index (χ3v) is 4.99. The van der Waals surface area contributed by atoms with Gasteiger partial charge in [0.15, 0.2) is 0 Å². The molecule has 0 atom stereocenters. The minimum absolute atomic E-state index is 0.709. The van der Waals surface area contributed by atoms with Crippen LogP contribution in [0.2, 0.25) is 0 Å². The lowest BCUT2D eigenvalue weighted by molar-refractivity contribution is 0.122. The number of anilines is 1. The van der Waals surface area contributed by atoms with E-state index in [0.29, 0.717) is 6.54 Å². The first-order chi connectivity index (χ1) is 13.4. The molecule has 0 N–H and O–H groups in total. The molecule has 1 aromatic carbocycles. The van der Waals surface area contributed by atoms with Gasteiger partial charge in [0.25, 0.3) is 0 Å². The van der Waals surface area contributed by atoms with Crippen LogP contribution in [0.5, 0.6) is 0 Å². The van der Waals surface area contributed by atoms with E-state index >= 15 is 0 Å². The first-order valence-corrected chi connectivity index (χ1v) is 9.12. The van der Waals surface area contributed by atoms with Crippen LogP contribution in [0, 0.1) is 0 Å².